The summed E-state index contributed by atoms with van der Waals surface area (Å²) in [6, 6.07) is 11.9. The standard InChI is InChI=1S/C16H16N2O/c1-2-6-12-9-14-15(17-12)10-18(11-16(14)19)13-7-4-3-5-8-13/h3-5,7-11,19H,2,6H2,1H3. The van der Waals surface area contributed by atoms with Crippen molar-refractivity contribution in [2.24, 2.45) is 0 Å². The average molecular weight is 252 g/mol. The first-order valence-electron chi connectivity index (χ1n) is 6.54. The second kappa shape index (κ2) is 4.76. The van der Waals surface area contributed by atoms with E-state index in [-0.39, 0.29) is 5.75 Å². The van der Waals surface area contributed by atoms with Crippen LogP contribution in [0.2, 0.25) is 0 Å². The van der Waals surface area contributed by atoms with Gasteiger partial charge < -0.3 is 9.67 Å². The number of pyridine rings is 1. The highest BCUT2D eigenvalue weighted by Crippen LogP contribution is 2.32. The molecule has 1 aromatic carbocycles. The number of aryl methyl sites for hydroxylation is 1. The fraction of sp³-hybridized carbons (Fsp3) is 0.188. The van der Waals surface area contributed by atoms with Crippen LogP contribution in [0.4, 0.5) is 0 Å². The van der Waals surface area contributed by atoms with E-state index in [9.17, 15) is 5.11 Å². The van der Waals surface area contributed by atoms with E-state index < -0.39 is 0 Å². The zero-order valence-electron chi connectivity index (χ0n) is 10.9. The van der Waals surface area contributed by atoms with Crippen molar-refractivity contribution in [3.63, 3.8) is 0 Å². The molecule has 0 aliphatic carbocycles. The van der Waals surface area contributed by atoms with Crippen molar-refractivity contribution in [3.05, 3.63) is 54.5 Å². The van der Waals surface area contributed by atoms with Crippen LogP contribution < -0.4 is 0 Å². The van der Waals surface area contributed by atoms with Crippen molar-refractivity contribution in [2.45, 2.75) is 19.8 Å². The average Bonchev–Trinajstić information content (AvgIpc) is 2.83. The fourth-order valence-corrected chi connectivity index (χ4v) is 2.30. The van der Waals surface area contributed by atoms with Crippen LogP contribution in [0, 0.1) is 0 Å². The number of hydrogen-bond acceptors (Lipinski definition) is 2. The summed E-state index contributed by atoms with van der Waals surface area (Å²) in [4.78, 5) is 4.57. The Morgan fingerprint density at radius 1 is 1.16 bits per heavy atom. The minimum Gasteiger partial charge on any atom is -0.506 e. The van der Waals surface area contributed by atoms with E-state index in [1.165, 1.54) is 0 Å². The summed E-state index contributed by atoms with van der Waals surface area (Å²) in [5, 5.41) is 10.1. The number of hydrogen-bond donors (Lipinski definition) is 1. The largest absolute Gasteiger partial charge is 0.506 e. The van der Waals surface area contributed by atoms with Crippen LogP contribution in [-0.4, -0.2) is 14.7 Å². The lowest BCUT2D eigenvalue weighted by molar-refractivity contribution is 0.472. The van der Waals surface area contributed by atoms with Crippen LogP contribution in [0.25, 0.3) is 16.9 Å². The number of aromatic nitrogens is 2. The molecule has 0 fully saturated rings. The number of benzene rings is 1. The molecular formula is C16H16N2O. The molecule has 0 saturated carbocycles. The van der Waals surface area contributed by atoms with Gasteiger partial charge in [0.2, 0.25) is 0 Å². The molecule has 3 rings (SSSR count). The van der Waals surface area contributed by atoms with Gasteiger partial charge in [0, 0.05) is 23.1 Å². The Morgan fingerprint density at radius 2 is 1.95 bits per heavy atom. The minimum absolute atomic E-state index is 0.274. The zero-order chi connectivity index (χ0) is 13.2. The predicted octanol–water partition coefficient (Wildman–Crippen LogP) is 3.64. The topological polar surface area (TPSA) is 38.0 Å². The van der Waals surface area contributed by atoms with Gasteiger partial charge in [-0.05, 0) is 24.6 Å². The molecule has 2 heterocycles. The van der Waals surface area contributed by atoms with Gasteiger partial charge in [-0.1, -0.05) is 31.5 Å². The van der Waals surface area contributed by atoms with E-state index in [2.05, 4.69) is 11.9 Å². The molecule has 0 saturated heterocycles. The van der Waals surface area contributed by atoms with Crippen LogP contribution in [0.5, 0.6) is 5.75 Å². The van der Waals surface area contributed by atoms with Gasteiger partial charge in [-0.25, -0.2) is 0 Å². The Bertz CT molecular complexity index is 658. The summed E-state index contributed by atoms with van der Waals surface area (Å²) in [5.41, 5.74) is 3.72. The first-order valence-corrected chi connectivity index (χ1v) is 6.54. The van der Waals surface area contributed by atoms with Crippen molar-refractivity contribution in [1.29, 1.82) is 0 Å². The van der Waals surface area contributed by atoms with E-state index in [4.69, 9.17) is 0 Å². The lowest BCUT2D eigenvalue weighted by Crippen LogP contribution is -1.96. The molecule has 2 aliphatic rings. The minimum atomic E-state index is 0.274. The number of para-hydroxylation sites is 1. The highest BCUT2D eigenvalue weighted by molar-refractivity contribution is 5.69. The lowest BCUT2D eigenvalue weighted by Gasteiger charge is -2.10. The molecule has 0 radical (unpaired) electrons. The number of rotatable bonds is 3. The van der Waals surface area contributed by atoms with Gasteiger partial charge in [-0.3, -0.25) is 4.98 Å². The smallest absolute Gasteiger partial charge is 0.141 e. The van der Waals surface area contributed by atoms with E-state index in [0.717, 1.165) is 35.5 Å². The number of aromatic hydroxyl groups is 1. The number of nitrogens with zero attached hydrogens (tertiary/aromatic N) is 2. The summed E-state index contributed by atoms with van der Waals surface area (Å²) in [6.45, 7) is 2.13. The summed E-state index contributed by atoms with van der Waals surface area (Å²) in [7, 11) is 0. The highest BCUT2D eigenvalue weighted by Gasteiger charge is 2.14. The molecule has 2 aliphatic heterocycles. The van der Waals surface area contributed by atoms with Gasteiger partial charge in [0.25, 0.3) is 0 Å². The van der Waals surface area contributed by atoms with Gasteiger partial charge >= 0.3 is 0 Å². The van der Waals surface area contributed by atoms with Crippen molar-refractivity contribution in [2.75, 3.05) is 0 Å². The Morgan fingerprint density at radius 3 is 2.68 bits per heavy atom. The first kappa shape index (κ1) is 11.8. The van der Waals surface area contributed by atoms with Gasteiger partial charge in [0.15, 0.2) is 0 Å². The maximum absolute atomic E-state index is 10.1. The Labute approximate surface area is 112 Å². The normalized spacial score (nSPS) is 11.0. The quantitative estimate of drug-likeness (QED) is 0.773. The van der Waals surface area contributed by atoms with Crippen LogP contribution >= 0.6 is 0 Å². The highest BCUT2D eigenvalue weighted by atomic mass is 16.3. The summed E-state index contributed by atoms with van der Waals surface area (Å²) >= 11 is 0. The van der Waals surface area contributed by atoms with Gasteiger partial charge in [-0.2, -0.15) is 0 Å². The lowest BCUT2D eigenvalue weighted by atomic mass is 10.2. The Kier molecular flexibility index (Phi) is 2.95. The predicted molar refractivity (Wildman–Crippen MR) is 75.8 cm³/mol. The van der Waals surface area contributed by atoms with Crippen LogP contribution in [-0.2, 0) is 6.42 Å². The second-order valence-corrected chi connectivity index (χ2v) is 4.68. The molecule has 96 valence electrons. The Hall–Kier alpha value is -2.29. The van der Waals surface area contributed by atoms with E-state index in [1.54, 1.807) is 6.20 Å². The molecule has 3 heteroatoms. The van der Waals surface area contributed by atoms with Crippen LogP contribution in [0.15, 0.2) is 48.8 Å². The SMILES string of the molecule is CCCc1cc2c(O)cn(-c3ccccc3)cc-2n1. The molecule has 0 spiro atoms. The maximum Gasteiger partial charge on any atom is 0.141 e. The molecule has 0 bridgehead atoms. The molecular weight excluding hydrogens is 236 g/mol. The molecule has 0 aromatic heterocycles. The second-order valence-electron chi connectivity index (χ2n) is 4.68. The van der Waals surface area contributed by atoms with Crippen molar-refractivity contribution >= 4 is 0 Å². The molecule has 3 nitrogen and oxygen atoms in total. The first-order chi connectivity index (χ1) is 9.28. The summed E-state index contributed by atoms with van der Waals surface area (Å²) in [5.74, 6) is 0.274. The third-order valence-electron chi connectivity index (χ3n) is 3.21. The van der Waals surface area contributed by atoms with Gasteiger partial charge in [0.1, 0.15) is 5.75 Å². The molecule has 1 aromatic rings. The summed E-state index contributed by atoms with van der Waals surface area (Å²) in [6.07, 6.45) is 5.70. The molecule has 0 atom stereocenters. The molecule has 0 amide bonds. The Balaban J connectivity index is 2.12. The van der Waals surface area contributed by atoms with Crippen molar-refractivity contribution in [1.82, 2.24) is 9.55 Å². The molecule has 0 unspecified atom stereocenters. The molecule has 1 N–H and O–H groups in total. The van der Waals surface area contributed by atoms with Gasteiger partial charge in [-0.15, -0.1) is 0 Å². The van der Waals surface area contributed by atoms with E-state index in [1.807, 2.05) is 47.2 Å². The fourth-order valence-electron chi connectivity index (χ4n) is 2.30. The zero-order valence-corrected chi connectivity index (χ0v) is 10.9. The van der Waals surface area contributed by atoms with E-state index in [0.29, 0.717) is 0 Å². The monoisotopic (exact) mass is 252 g/mol. The van der Waals surface area contributed by atoms with Gasteiger partial charge in [0.05, 0.1) is 11.9 Å². The maximum atomic E-state index is 10.1. The third kappa shape index (κ3) is 2.19. The van der Waals surface area contributed by atoms with E-state index >= 15 is 0 Å². The molecule has 19 heavy (non-hydrogen) atoms. The summed E-state index contributed by atoms with van der Waals surface area (Å²) < 4.78 is 1.90. The van der Waals surface area contributed by atoms with Crippen molar-refractivity contribution in [3.8, 4) is 22.7 Å². The third-order valence-corrected chi connectivity index (χ3v) is 3.21. The van der Waals surface area contributed by atoms with Crippen LogP contribution in [0.1, 0.15) is 19.0 Å². The number of fused-ring (bicyclic) bond motifs is 1. The van der Waals surface area contributed by atoms with Crippen LogP contribution in [0.3, 0.4) is 0 Å². The van der Waals surface area contributed by atoms with Crippen molar-refractivity contribution < 1.29 is 5.11 Å².